The van der Waals surface area contributed by atoms with E-state index >= 15 is 0 Å². The summed E-state index contributed by atoms with van der Waals surface area (Å²) < 4.78 is 26.1. The fraction of sp³-hybridized carbons (Fsp3) is 0.538. The summed E-state index contributed by atoms with van der Waals surface area (Å²) in [5.41, 5.74) is 7.03. The Morgan fingerprint density at radius 1 is 1.33 bits per heavy atom. The predicted molar refractivity (Wildman–Crippen MR) is 74.9 cm³/mol. The van der Waals surface area contributed by atoms with Gasteiger partial charge >= 0.3 is 0 Å². The van der Waals surface area contributed by atoms with Crippen molar-refractivity contribution < 1.29 is 8.42 Å². The Morgan fingerprint density at radius 2 is 1.94 bits per heavy atom. The lowest BCUT2D eigenvalue weighted by Crippen LogP contribution is -2.31. The molecular formula is C13H22N2O2S. The number of hydrogen-bond donors (Lipinski definition) is 1. The van der Waals surface area contributed by atoms with Gasteiger partial charge < -0.3 is 5.73 Å². The number of benzene rings is 1. The molecule has 0 fully saturated rings. The van der Waals surface area contributed by atoms with Gasteiger partial charge in [-0.25, -0.2) is 12.7 Å². The van der Waals surface area contributed by atoms with Crippen LogP contribution in [0.25, 0.3) is 0 Å². The molecule has 0 saturated heterocycles. The van der Waals surface area contributed by atoms with Crippen molar-refractivity contribution in [3.8, 4) is 0 Å². The molecule has 0 amide bonds. The highest BCUT2D eigenvalue weighted by Crippen LogP contribution is 2.20. The number of sulfonamides is 1. The molecule has 0 radical (unpaired) electrons. The lowest BCUT2D eigenvalue weighted by atomic mass is 10.1. The quantitative estimate of drug-likeness (QED) is 0.835. The lowest BCUT2D eigenvalue weighted by molar-refractivity contribution is 0.393. The largest absolute Gasteiger partial charge is 0.399 e. The Morgan fingerprint density at radius 3 is 2.44 bits per heavy atom. The van der Waals surface area contributed by atoms with Crippen LogP contribution in [0, 0.1) is 12.8 Å². The number of nitrogens with two attached hydrogens (primary N) is 1. The van der Waals surface area contributed by atoms with Crippen LogP contribution < -0.4 is 5.73 Å². The van der Waals surface area contributed by atoms with Crippen LogP contribution in [0.3, 0.4) is 0 Å². The Balaban J connectivity index is 3.05. The molecule has 2 N–H and O–H groups in total. The van der Waals surface area contributed by atoms with Gasteiger partial charge in [0.15, 0.2) is 0 Å². The van der Waals surface area contributed by atoms with Crippen LogP contribution in [-0.2, 0) is 10.0 Å². The van der Waals surface area contributed by atoms with E-state index in [4.69, 9.17) is 5.73 Å². The molecule has 0 aromatic heterocycles. The van der Waals surface area contributed by atoms with Crippen molar-refractivity contribution in [2.75, 3.05) is 19.3 Å². The zero-order valence-electron chi connectivity index (χ0n) is 11.5. The predicted octanol–water partition coefficient (Wildman–Crippen LogP) is 2.24. The van der Waals surface area contributed by atoms with Crippen LogP contribution in [0.15, 0.2) is 23.1 Å². The molecule has 102 valence electrons. The van der Waals surface area contributed by atoms with Crippen LogP contribution >= 0.6 is 0 Å². The SMILES string of the molecule is CCC(C)CN(C)S(=O)(=O)c1cc(C)cc(N)c1. The first-order valence-electron chi connectivity index (χ1n) is 6.11. The molecule has 1 unspecified atom stereocenters. The molecule has 1 atom stereocenters. The Bertz CT molecular complexity index is 491. The molecule has 5 heteroatoms. The van der Waals surface area contributed by atoms with E-state index < -0.39 is 10.0 Å². The van der Waals surface area contributed by atoms with E-state index in [-0.39, 0.29) is 4.90 Å². The lowest BCUT2D eigenvalue weighted by Gasteiger charge is -2.20. The molecule has 0 heterocycles. The van der Waals surface area contributed by atoms with Gasteiger partial charge in [-0.1, -0.05) is 20.3 Å². The topological polar surface area (TPSA) is 63.4 Å². The van der Waals surface area contributed by atoms with E-state index in [2.05, 4.69) is 6.92 Å². The third-order valence-electron chi connectivity index (χ3n) is 3.05. The molecule has 0 aliphatic carbocycles. The summed E-state index contributed by atoms with van der Waals surface area (Å²) in [7, 11) is -1.82. The van der Waals surface area contributed by atoms with Crippen molar-refractivity contribution in [2.24, 2.45) is 5.92 Å². The summed E-state index contributed by atoms with van der Waals surface area (Å²) in [6, 6.07) is 4.92. The molecule has 0 aliphatic heterocycles. The number of rotatable bonds is 5. The van der Waals surface area contributed by atoms with Crippen LogP contribution in [0.2, 0.25) is 0 Å². The van der Waals surface area contributed by atoms with Crippen molar-refractivity contribution in [1.82, 2.24) is 4.31 Å². The summed E-state index contributed by atoms with van der Waals surface area (Å²) in [6.45, 7) is 6.45. The second kappa shape index (κ2) is 5.71. The Labute approximate surface area is 110 Å². The van der Waals surface area contributed by atoms with Gasteiger partial charge in [0.05, 0.1) is 4.90 Å². The molecule has 1 rings (SSSR count). The molecule has 0 aliphatic rings. The van der Waals surface area contributed by atoms with E-state index in [9.17, 15) is 8.42 Å². The van der Waals surface area contributed by atoms with E-state index in [1.165, 1.54) is 10.4 Å². The summed E-state index contributed by atoms with van der Waals surface area (Å²) >= 11 is 0. The van der Waals surface area contributed by atoms with Crippen molar-refractivity contribution in [1.29, 1.82) is 0 Å². The maximum absolute atomic E-state index is 12.4. The average Bonchev–Trinajstić information content (AvgIpc) is 2.27. The van der Waals surface area contributed by atoms with Crippen molar-refractivity contribution in [3.05, 3.63) is 23.8 Å². The Kier molecular flexibility index (Phi) is 4.76. The number of aryl methyl sites for hydroxylation is 1. The third-order valence-corrected chi connectivity index (χ3v) is 4.85. The van der Waals surface area contributed by atoms with Gasteiger partial charge in [0.25, 0.3) is 0 Å². The molecular weight excluding hydrogens is 248 g/mol. The summed E-state index contributed by atoms with van der Waals surface area (Å²) in [5, 5.41) is 0. The third kappa shape index (κ3) is 3.46. The molecule has 1 aromatic rings. The number of hydrogen-bond acceptors (Lipinski definition) is 3. The number of nitrogen functional groups attached to an aromatic ring is 1. The minimum atomic E-state index is -3.44. The van der Waals surface area contributed by atoms with Gasteiger partial charge in [-0.05, 0) is 36.6 Å². The summed E-state index contributed by atoms with van der Waals surface area (Å²) in [4.78, 5) is 0.269. The van der Waals surface area contributed by atoms with E-state index in [1.54, 1.807) is 19.2 Å². The standard InChI is InChI=1S/C13H22N2O2S/c1-5-10(2)9-15(4)18(16,17)13-7-11(3)6-12(14)8-13/h6-8,10H,5,9,14H2,1-4H3. The van der Waals surface area contributed by atoms with Gasteiger partial charge in [0.2, 0.25) is 10.0 Å². The van der Waals surface area contributed by atoms with Crippen LogP contribution in [0.5, 0.6) is 0 Å². The number of nitrogens with zero attached hydrogens (tertiary/aromatic N) is 1. The van der Waals surface area contributed by atoms with Crippen LogP contribution in [-0.4, -0.2) is 26.3 Å². The average molecular weight is 270 g/mol. The minimum Gasteiger partial charge on any atom is -0.399 e. The zero-order valence-corrected chi connectivity index (χ0v) is 12.3. The molecule has 4 nitrogen and oxygen atoms in total. The van der Waals surface area contributed by atoms with Crippen LogP contribution in [0.1, 0.15) is 25.8 Å². The maximum atomic E-state index is 12.4. The van der Waals surface area contributed by atoms with Crippen LogP contribution in [0.4, 0.5) is 5.69 Å². The van der Waals surface area contributed by atoms with Gasteiger partial charge in [0.1, 0.15) is 0 Å². The smallest absolute Gasteiger partial charge is 0.242 e. The van der Waals surface area contributed by atoms with Gasteiger partial charge in [0, 0.05) is 19.3 Å². The first-order valence-corrected chi connectivity index (χ1v) is 7.55. The van der Waals surface area contributed by atoms with Gasteiger partial charge in [-0.15, -0.1) is 0 Å². The van der Waals surface area contributed by atoms with Crippen molar-refractivity contribution >= 4 is 15.7 Å². The van der Waals surface area contributed by atoms with Gasteiger partial charge in [-0.3, -0.25) is 0 Å². The first kappa shape index (κ1) is 15.0. The first-order chi connectivity index (χ1) is 8.27. The highest BCUT2D eigenvalue weighted by atomic mass is 32.2. The molecule has 0 spiro atoms. The van der Waals surface area contributed by atoms with Gasteiger partial charge in [-0.2, -0.15) is 0 Å². The second-order valence-corrected chi connectivity index (χ2v) is 6.92. The minimum absolute atomic E-state index is 0.269. The van der Waals surface area contributed by atoms with Crippen molar-refractivity contribution in [2.45, 2.75) is 32.1 Å². The fourth-order valence-electron chi connectivity index (χ4n) is 1.77. The molecule has 1 aromatic carbocycles. The zero-order chi connectivity index (χ0) is 13.9. The highest BCUT2D eigenvalue weighted by molar-refractivity contribution is 7.89. The highest BCUT2D eigenvalue weighted by Gasteiger charge is 2.22. The fourth-order valence-corrected chi connectivity index (χ4v) is 3.20. The molecule has 18 heavy (non-hydrogen) atoms. The Hall–Kier alpha value is -1.07. The van der Waals surface area contributed by atoms with Crippen molar-refractivity contribution in [3.63, 3.8) is 0 Å². The maximum Gasteiger partial charge on any atom is 0.242 e. The second-order valence-electron chi connectivity index (χ2n) is 4.88. The number of anilines is 1. The summed E-state index contributed by atoms with van der Waals surface area (Å²) in [5.74, 6) is 0.340. The van der Waals surface area contributed by atoms with E-state index in [1.807, 2.05) is 13.8 Å². The summed E-state index contributed by atoms with van der Waals surface area (Å²) in [6.07, 6.45) is 0.954. The molecule has 0 bridgehead atoms. The molecule has 0 saturated carbocycles. The normalized spacial score (nSPS) is 13.8. The van der Waals surface area contributed by atoms with E-state index in [0.29, 0.717) is 18.2 Å². The monoisotopic (exact) mass is 270 g/mol. The van der Waals surface area contributed by atoms with E-state index in [0.717, 1.165) is 12.0 Å².